The second kappa shape index (κ2) is 9.51. The molecule has 0 amide bonds. The Hall–Kier alpha value is -0.940. The molecule has 0 aliphatic carbocycles. The average molecular weight is 464 g/mol. The van der Waals surface area contributed by atoms with Gasteiger partial charge in [-0.15, -0.1) is 0 Å². The molecule has 168 valence electrons. The van der Waals surface area contributed by atoms with Crippen LogP contribution < -0.4 is 0 Å². The summed E-state index contributed by atoms with van der Waals surface area (Å²) in [6.45, 7) is 9.95. The summed E-state index contributed by atoms with van der Waals surface area (Å²) >= 11 is 0. The molecule has 0 saturated carbocycles. The van der Waals surface area contributed by atoms with E-state index in [1.165, 1.54) is 0 Å². The van der Waals surface area contributed by atoms with E-state index in [2.05, 4.69) is 0 Å². The zero-order chi connectivity index (χ0) is 22.0. The fraction of sp³-hybridized carbons (Fsp3) is 0.478. The van der Waals surface area contributed by atoms with Crippen molar-refractivity contribution in [2.75, 3.05) is 26.4 Å². The molecule has 6 nitrogen and oxygen atoms in total. The molecule has 0 atom stereocenters. The van der Waals surface area contributed by atoms with E-state index in [9.17, 15) is 0 Å². The van der Waals surface area contributed by atoms with E-state index in [1.807, 2.05) is 88.4 Å². The van der Waals surface area contributed by atoms with E-state index < -0.39 is 28.4 Å². The summed E-state index contributed by atoms with van der Waals surface area (Å²) in [6, 6.07) is 20.2. The molecule has 2 saturated heterocycles. The first kappa shape index (κ1) is 23.2. The van der Waals surface area contributed by atoms with Crippen molar-refractivity contribution < 1.29 is 27.1 Å². The third-order valence-electron chi connectivity index (χ3n) is 5.45. The van der Waals surface area contributed by atoms with Gasteiger partial charge in [0, 0.05) is 0 Å². The normalized spacial score (nSPS) is 27.4. The van der Waals surface area contributed by atoms with Crippen molar-refractivity contribution in [2.24, 2.45) is 5.41 Å². The Morgan fingerprint density at radius 1 is 0.613 bits per heavy atom. The van der Waals surface area contributed by atoms with Crippen LogP contribution in [0.25, 0.3) is 0 Å². The molecular weight excluding hydrogens is 434 g/mol. The highest BCUT2D eigenvalue weighted by atomic mass is 31.2. The standard InChI is InChI=1S/C23H30O6P2/c1-21(2,19-11-7-5-8-12-19)28-30-24-15-23(16-25-30)17-26-31(27-18-23)29-22(3,4)20-13-9-6-10-14-20/h5-14H,15-18H2,1-4H3. The first-order valence-corrected chi connectivity index (χ1v) is 12.6. The van der Waals surface area contributed by atoms with Crippen molar-refractivity contribution in [1.29, 1.82) is 0 Å². The SMILES string of the molecule is CC(C)(OP1OCC2(CO1)COP(OC(C)(C)c1ccccc1)OC2)c1ccccc1. The van der Waals surface area contributed by atoms with Crippen LogP contribution >= 0.6 is 17.2 Å². The third-order valence-corrected chi connectivity index (χ3v) is 8.02. The lowest BCUT2D eigenvalue weighted by Crippen LogP contribution is -2.45. The Morgan fingerprint density at radius 3 is 1.26 bits per heavy atom. The highest BCUT2D eigenvalue weighted by molar-refractivity contribution is 7.42. The quantitative estimate of drug-likeness (QED) is 0.460. The van der Waals surface area contributed by atoms with Crippen molar-refractivity contribution in [1.82, 2.24) is 0 Å². The summed E-state index contributed by atoms with van der Waals surface area (Å²) in [5.41, 5.74) is 0.832. The molecule has 0 aromatic heterocycles. The van der Waals surface area contributed by atoms with Gasteiger partial charge in [0.1, 0.15) is 0 Å². The van der Waals surface area contributed by atoms with Crippen LogP contribution in [0.15, 0.2) is 60.7 Å². The maximum Gasteiger partial charge on any atom is 0.333 e. The van der Waals surface area contributed by atoms with Crippen molar-refractivity contribution in [2.45, 2.75) is 38.9 Å². The van der Waals surface area contributed by atoms with E-state index in [1.54, 1.807) is 0 Å². The predicted molar refractivity (Wildman–Crippen MR) is 121 cm³/mol. The molecule has 0 N–H and O–H groups in total. The minimum atomic E-state index is -1.43. The molecule has 2 aliphatic heterocycles. The Morgan fingerprint density at radius 2 is 0.935 bits per heavy atom. The molecule has 2 aromatic carbocycles. The summed E-state index contributed by atoms with van der Waals surface area (Å²) in [6.07, 6.45) is 0. The molecular formula is C23H30O6P2. The van der Waals surface area contributed by atoms with Crippen LogP contribution in [-0.2, 0) is 38.3 Å². The monoisotopic (exact) mass is 464 g/mol. The molecule has 0 radical (unpaired) electrons. The van der Waals surface area contributed by atoms with E-state index in [-0.39, 0.29) is 5.41 Å². The van der Waals surface area contributed by atoms with Crippen molar-refractivity contribution in [3.63, 3.8) is 0 Å². The maximum absolute atomic E-state index is 6.15. The molecule has 31 heavy (non-hydrogen) atoms. The third kappa shape index (κ3) is 5.71. The fourth-order valence-corrected chi connectivity index (χ4v) is 6.18. The maximum atomic E-state index is 6.15. The van der Waals surface area contributed by atoms with Gasteiger partial charge in [0.25, 0.3) is 0 Å². The van der Waals surface area contributed by atoms with Gasteiger partial charge in [0.2, 0.25) is 0 Å². The zero-order valence-corrected chi connectivity index (χ0v) is 20.2. The van der Waals surface area contributed by atoms with Gasteiger partial charge < -0.3 is 27.1 Å². The number of hydrogen-bond acceptors (Lipinski definition) is 6. The van der Waals surface area contributed by atoms with Gasteiger partial charge in [-0.3, -0.25) is 0 Å². The van der Waals surface area contributed by atoms with E-state index in [4.69, 9.17) is 27.1 Å². The van der Waals surface area contributed by atoms with E-state index >= 15 is 0 Å². The summed E-state index contributed by atoms with van der Waals surface area (Å²) in [7, 11) is -2.87. The molecule has 4 rings (SSSR count). The first-order valence-electron chi connectivity index (χ1n) is 10.4. The topological polar surface area (TPSA) is 55.4 Å². The van der Waals surface area contributed by atoms with Gasteiger partial charge in [-0.05, 0) is 38.8 Å². The summed E-state index contributed by atoms with van der Waals surface area (Å²) in [4.78, 5) is 0. The fourth-order valence-electron chi connectivity index (χ4n) is 3.35. The number of rotatable bonds is 6. The molecule has 2 fully saturated rings. The number of hydrogen-bond donors (Lipinski definition) is 0. The van der Waals surface area contributed by atoms with Crippen LogP contribution in [0.4, 0.5) is 0 Å². The second-order valence-corrected chi connectivity index (χ2v) is 11.3. The van der Waals surface area contributed by atoms with Gasteiger partial charge in [0.05, 0.1) is 43.0 Å². The average Bonchev–Trinajstić information content (AvgIpc) is 2.78. The van der Waals surface area contributed by atoms with Crippen LogP contribution in [0.1, 0.15) is 38.8 Å². The Labute approximate surface area is 187 Å². The lowest BCUT2D eigenvalue weighted by atomic mass is 9.93. The van der Waals surface area contributed by atoms with Gasteiger partial charge >= 0.3 is 17.2 Å². The van der Waals surface area contributed by atoms with Crippen molar-refractivity contribution in [3.05, 3.63) is 71.8 Å². The Bertz CT molecular complexity index is 755. The highest BCUT2D eigenvalue weighted by Crippen LogP contribution is 2.56. The molecule has 2 heterocycles. The molecule has 0 bridgehead atoms. The Balaban J connectivity index is 1.27. The minimum absolute atomic E-state index is 0.335. The van der Waals surface area contributed by atoms with Crippen LogP contribution in [-0.4, -0.2) is 26.4 Å². The predicted octanol–water partition coefficient (Wildman–Crippen LogP) is 6.42. The molecule has 8 heteroatoms. The first-order chi connectivity index (χ1) is 14.8. The van der Waals surface area contributed by atoms with Crippen LogP contribution in [0.5, 0.6) is 0 Å². The summed E-state index contributed by atoms with van der Waals surface area (Å²) < 4.78 is 36.1. The van der Waals surface area contributed by atoms with Crippen LogP contribution in [0.3, 0.4) is 0 Å². The molecule has 2 aromatic rings. The summed E-state index contributed by atoms with van der Waals surface area (Å²) in [5.74, 6) is 0. The lowest BCUT2D eigenvalue weighted by molar-refractivity contribution is -0.0911. The molecule has 1 spiro atoms. The van der Waals surface area contributed by atoms with Gasteiger partial charge in [-0.1, -0.05) is 60.7 Å². The van der Waals surface area contributed by atoms with Gasteiger partial charge in [-0.25, -0.2) is 0 Å². The van der Waals surface area contributed by atoms with Crippen molar-refractivity contribution >= 4 is 17.2 Å². The second-order valence-electron chi connectivity index (χ2n) is 8.98. The van der Waals surface area contributed by atoms with E-state index in [0.29, 0.717) is 26.4 Å². The Kier molecular flexibility index (Phi) is 7.12. The number of benzene rings is 2. The minimum Gasteiger partial charge on any atom is -0.311 e. The van der Waals surface area contributed by atoms with Crippen molar-refractivity contribution in [3.8, 4) is 0 Å². The highest BCUT2D eigenvalue weighted by Gasteiger charge is 2.46. The van der Waals surface area contributed by atoms with E-state index in [0.717, 1.165) is 11.1 Å². The lowest BCUT2D eigenvalue weighted by Gasteiger charge is -2.43. The summed E-state index contributed by atoms with van der Waals surface area (Å²) in [5, 5.41) is 0. The van der Waals surface area contributed by atoms with Gasteiger partial charge in [-0.2, -0.15) is 0 Å². The molecule has 0 unspecified atom stereocenters. The smallest absolute Gasteiger partial charge is 0.311 e. The van der Waals surface area contributed by atoms with Crippen LogP contribution in [0, 0.1) is 5.41 Å². The van der Waals surface area contributed by atoms with Gasteiger partial charge in [0.15, 0.2) is 0 Å². The van der Waals surface area contributed by atoms with Crippen LogP contribution in [0.2, 0.25) is 0 Å². The molecule has 2 aliphatic rings. The zero-order valence-electron chi connectivity index (χ0n) is 18.4. The largest absolute Gasteiger partial charge is 0.333 e.